The fraction of sp³-hybridized carbons (Fsp3) is 0.368. The summed E-state index contributed by atoms with van der Waals surface area (Å²) in [5.41, 5.74) is 2.59. The van der Waals surface area contributed by atoms with Crippen molar-refractivity contribution < 1.29 is 9.59 Å². The number of nitrogens with zero attached hydrogens (tertiary/aromatic N) is 1. The Hall–Kier alpha value is -2.14. The van der Waals surface area contributed by atoms with Crippen LogP contribution in [0.15, 0.2) is 35.7 Å². The number of nitrogens with one attached hydrogen (secondary N) is 1. The second kappa shape index (κ2) is 6.40. The number of carbonyl (C=O) groups is 2. The SMILES string of the molecule is O=C(Nc1ccc(C(=O)N2CCCC2)cc1)c1sccc1C1CC1. The molecule has 1 aromatic heterocycles. The number of benzene rings is 1. The molecule has 1 saturated carbocycles. The van der Waals surface area contributed by atoms with E-state index >= 15 is 0 Å². The van der Waals surface area contributed by atoms with Crippen molar-refractivity contribution in [3.63, 3.8) is 0 Å². The van der Waals surface area contributed by atoms with Crippen LogP contribution in [0.25, 0.3) is 0 Å². The Morgan fingerprint density at radius 2 is 1.75 bits per heavy atom. The van der Waals surface area contributed by atoms with Crippen LogP contribution in [0.1, 0.15) is 57.2 Å². The number of hydrogen-bond acceptors (Lipinski definition) is 3. The van der Waals surface area contributed by atoms with Crippen molar-refractivity contribution in [1.82, 2.24) is 4.90 Å². The molecule has 0 radical (unpaired) electrons. The standard InChI is InChI=1S/C19H20N2O2S/c22-18(17-16(9-12-24-17)13-3-4-13)20-15-7-5-14(6-8-15)19(23)21-10-1-2-11-21/h5-9,12-13H,1-4,10-11H2,(H,20,22). The van der Waals surface area contributed by atoms with Crippen LogP contribution in [0.3, 0.4) is 0 Å². The maximum absolute atomic E-state index is 12.5. The van der Waals surface area contributed by atoms with E-state index < -0.39 is 0 Å². The van der Waals surface area contributed by atoms with Crippen LogP contribution >= 0.6 is 11.3 Å². The second-order valence-electron chi connectivity index (χ2n) is 6.51. The predicted molar refractivity (Wildman–Crippen MR) is 95.8 cm³/mol. The lowest BCUT2D eigenvalue weighted by Crippen LogP contribution is -2.27. The maximum atomic E-state index is 12.5. The van der Waals surface area contributed by atoms with Gasteiger partial charge in [-0.05, 0) is 72.9 Å². The highest BCUT2D eigenvalue weighted by Gasteiger charge is 2.29. The molecule has 1 aromatic carbocycles. The number of thiophene rings is 1. The smallest absolute Gasteiger partial charge is 0.266 e. The van der Waals surface area contributed by atoms with Crippen LogP contribution in [-0.4, -0.2) is 29.8 Å². The summed E-state index contributed by atoms with van der Waals surface area (Å²) in [5, 5.41) is 4.94. The van der Waals surface area contributed by atoms with Gasteiger partial charge in [-0.25, -0.2) is 0 Å². The minimum absolute atomic E-state index is 0.0504. The lowest BCUT2D eigenvalue weighted by atomic mass is 10.1. The van der Waals surface area contributed by atoms with Crippen molar-refractivity contribution in [2.24, 2.45) is 0 Å². The second-order valence-corrected chi connectivity index (χ2v) is 7.43. The van der Waals surface area contributed by atoms with E-state index in [1.54, 1.807) is 12.1 Å². The molecule has 0 unspecified atom stereocenters. The lowest BCUT2D eigenvalue weighted by Gasteiger charge is -2.15. The molecule has 2 aliphatic rings. The normalized spacial score (nSPS) is 17.1. The summed E-state index contributed by atoms with van der Waals surface area (Å²) in [7, 11) is 0. The largest absolute Gasteiger partial charge is 0.339 e. The van der Waals surface area contributed by atoms with Gasteiger partial charge in [0.2, 0.25) is 0 Å². The summed E-state index contributed by atoms with van der Waals surface area (Å²) in [6.07, 6.45) is 4.54. The van der Waals surface area contributed by atoms with Gasteiger partial charge in [-0.3, -0.25) is 9.59 Å². The third-order valence-electron chi connectivity index (χ3n) is 4.70. The van der Waals surface area contributed by atoms with Gasteiger partial charge in [0.1, 0.15) is 0 Å². The Labute approximate surface area is 145 Å². The van der Waals surface area contributed by atoms with E-state index in [1.165, 1.54) is 29.7 Å². The van der Waals surface area contributed by atoms with E-state index in [9.17, 15) is 9.59 Å². The monoisotopic (exact) mass is 340 g/mol. The maximum Gasteiger partial charge on any atom is 0.266 e. The van der Waals surface area contributed by atoms with Crippen molar-refractivity contribution in [3.8, 4) is 0 Å². The minimum atomic E-state index is -0.0504. The highest BCUT2D eigenvalue weighted by Crippen LogP contribution is 2.43. The van der Waals surface area contributed by atoms with Gasteiger partial charge in [0, 0.05) is 24.3 Å². The van der Waals surface area contributed by atoms with Crippen LogP contribution in [-0.2, 0) is 0 Å². The quantitative estimate of drug-likeness (QED) is 0.910. The highest BCUT2D eigenvalue weighted by molar-refractivity contribution is 7.12. The molecule has 4 nitrogen and oxygen atoms in total. The Bertz CT molecular complexity index is 756. The molecule has 0 spiro atoms. The van der Waals surface area contributed by atoms with E-state index in [2.05, 4.69) is 11.4 Å². The molecule has 0 atom stereocenters. The van der Waals surface area contributed by atoms with E-state index in [4.69, 9.17) is 0 Å². The van der Waals surface area contributed by atoms with Gasteiger partial charge < -0.3 is 10.2 Å². The molecule has 2 aromatic rings. The topological polar surface area (TPSA) is 49.4 Å². The highest BCUT2D eigenvalue weighted by atomic mass is 32.1. The fourth-order valence-corrected chi connectivity index (χ4v) is 4.09. The van der Waals surface area contributed by atoms with Crippen LogP contribution in [0, 0.1) is 0 Å². The van der Waals surface area contributed by atoms with Crippen LogP contribution in [0.4, 0.5) is 5.69 Å². The summed E-state index contributed by atoms with van der Waals surface area (Å²) >= 11 is 1.50. The zero-order chi connectivity index (χ0) is 16.5. The minimum Gasteiger partial charge on any atom is -0.339 e. The molecular weight excluding hydrogens is 320 g/mol. The van der Waals surface area contributed by atoms with Crippen molar-refractivity contribution in [1.29, 1.82) is 0 Å². The first-order valence-corrected chi connectivity index (χ1v) is 9.38. The molecule has 4 rings (SSSR count). The summed E-state index contributed by atoms with van der Waals surface area (Å²) in [6, 6.07) is 9.28. The molecule has 1 saturated heterocycles. The van der Waals surface area contributed by atoms with E-state index in [0.717, 1.165) is 36.5 Å². The first-order valence-electron chi connectivity index (χ1n) is 8.50. The molecule has 2 fully saturated rings. The zero-order valence-electron chi connectivity index (χ0n) is 13.5. The molecule has 1 aliphatic heterocycles. The third-order valence-corrected chi connectivity index (χ3v) is 5.63. The van der Waals surface area contributed by atoms with Gasteiger partial charge >= 0.3 is 0 Å². The van der Waals surface area contributed by atoms with Gasteiger partial charge in [0.15, 0.2) is 0 Å². The molecule has 5 heteroatoms. The molecule has 2 heterocycles. The van der Waals surface area contributed by atoms with Crippen molar-refractivity contribution in [3.05, 3.63) is 51.7 Å². The van der Waals surface area contributed by atoms with Crippen LogP contribution in [0.5, 0.6) is 0 Å². The van der Waals surface area contributed by atoms with Crippen LogP contribution in [0.2, 0.25) is 0 Å². The third kappa shape index (κ3) is 3.08. The number of rotatable bonds is 4. The van der Waals surface area contributed by atoms with E-state index in [-0.39, 0.29) is 11.8 Å². The van der Waals surface area contributed by atoms with Crippen molar-refractivity contribution >= 4 is 28.8 Å². The van der Waals surface area contributed by atoms with Gasteiger partial charge in [-0.15, -0.1) is 11.3 Å². The van der Waals surface area contributed by atoms with E-state index in [1.807, 2.05) is 22.4 Å². The Kier molecular flexibility index (Phi) is 4.10. The molecule has 124 valence electrons. The summed E-state index contributed by atoms with van der Waals surface area (Å²) in [4.78, 5) is 27.5. The molecular formula is C19H20N2O2S. The lowest BCUT2D eigenvalue weighted by molar-refractivity contribution is 0.0792. The molecule has 2 amide bonds. The Balaban J connectivity index is 1.44. The predicted octanol–water partition coefficient (Wildman–Crippen LogP) is 4.11. The number of likely N-dealkylation sites (tertiary alicyclic amines) is 1. The first kappa shape index (κ1) is 15.4. The van der Waals surface area contributed by atoms with Crippen LogP contribution < -0.4 is 5.32 Å². The summed E-state index contributed by atoms with van der Waals surface area (Å²) in [6.45, 7) is 1.69. The van der Waals surface area contributed by atoms with Crippen molar-refractivity contribution in [2.45, 2.75) is 31.6 Å². The number of amides is 2. The van der Waals surface area contributed by atoms with Gasteiger partial charge in [-0.2, -0.15) is 0 Å². The number of hydrogen-bond donors (Lipinski definition) is 1. The van der Waals surface area contributed by atoms with E-state index in [0.29, 0.717) is 11.5 Å². The number of carbonyl (C=O) groups excluding carboxylic acids is 2. The van der Waals surface area contributed by atoms with Gasteiger partial charge in [-0.1, -0.05) is 0 Å². The molecule has 1 aliphatic carbocycles. The summed E-state index contributed by atoms with van der Waals surface area (Å²) in [5.74, 6) is 0.600. The zero-order valence-corrected chi connectivity index (χ0v) is 14.3. The molecule has 24 heavy (non-hydrogen) atoms. The van der Waals surface area contributed by atoms with Gasteiger partial charge in [0.25, 0.3) is 11.8 Å². The average molecular weight is 340 g/mol. The molecule has 0 bridgehead atoms. The average Bonchev–Trinajstić information content (AvgIpc) is 3.11. The van der Waals surface area contributed by atoms with Gasteiger partial charge in [0.05, 0.1) is 4.88 Å². The Morgan fingerprint density at radius 3 is 2.42 bits per heavy atom. The Morgan fingerprint density at radius 1 is 1.04 bits per heavy atom. The van der Waals surface area contributed by atoms with Crippen molar-refractivity contribution in [2.75, 3.05) is 18.4 Å². The fourth-order valence-electron chi connectivity index (χ4n) is 3.21. The number of anilines is 1. The first-order chi connectivity index (χ1) is 11.7. The summed E-state index contributed by atoms with van der Waals surface area (Å²) < 4.78 is 0. The molecule has 1 N–H and O–H groups in total.